The summed E-state index contributed by atoms with van der Waals surface area (Å²) in [6, 6.07) is 5.25. The molecule has 2 aromatic rings. The Morgan fingerprint density at radius 1 is 1.06 bits per heavy atom. The van der Waals surface area contributed by atoms with Gasteiger partial charge in [0.15, 0.2) is 11.5 Å². The average Bonchev–Trinajstić information content (AvgIpc) is 2.82. The quantitative estimate of drug-likeness (QED) is 0.712. The molecule has 166 valence electrons. The number of nitrogens with zero attached hydrogens (tertiary/aromatic N) is 5. The topological polar surface area (TPSA) is 80.3 Å². The van der Waals surface area contributed by atoms with E-state index in [0.717, 1.165) is 36.1 Å². The van der Waals surface area contributed by atoms with Crippen LogP contribution < -0.4 is 19.3 Å². The first-order chi connectivity index (χ1) is 15.0. The van der Waals surface area contributed by atoms with Crippen molar-refractivity contribution < 1.29 is 19.0 Å². The van der Waals surface area contributed by atoms with Gasteiger partial charge in [-0.3, -0.25) is 4.79 Å². The van der Waals surface area contributed by atoms with Crippen LogP contribution in [0.3, 0.4) is 0 Å². The molecule has 2 aliphatic rings. The number of hydrogen-bond acceptors (Lipinski definition) is 8. The molecule has 1 amide bonds. The number of ether oxygens (including phenoxy) is 3. The van der Waals surface area contributed by atoms with Gasteiger partial charge < -0.3 is 28.9 Å². The van der Waals surface area contributed by atoms with Crippen molar-refractivity contribution in [2.24, 2.45) is 0 Å². The molecule has 4 rings (SSSR count). The fourth-order valence-electron chi connectivity index (χ4n) is 3.98. The molecule has 3 heterocycles. The second-order valence-corrected chi connectivity index (χ2v) is 7.81. The van der Waals surface area contributed by atoms with Crippen molar-refractivity contribution in [3.63, 3.8) is 0 Å². The number of fused-ring (bicyclic) bond motifs is 1. The monoisotopic (exact) mass is 427 g/mol. The molecular weight excluding hydrogens is 398 g/mol. The van der Waals surface area contributed by atoms with Crippen LogP contribution in [0.2, 0.25) is 0 Å². The zero-order valence-electron chi connectivity index (χ0n) is 18.6. The van der Waals surface area contributed by atoms with Crippen molar-refractivity contribution in [2.45, 2.75) is 13.0 Å². The number of aromatic nitrogens is 2. The Bertz CT molecular complexity index is 959. The molecule has 0 radical (unpaired) electrons. The van der Waals surface area contributed by atoms with E-state index in [9.17, 15) is 4.79 Å². The molecule has 0 bridgehead atoms. The Kier molecular flexibility index (Phi) is 6.13. The zero-order chi connectivity index (χ0) is 22.0. The molecule has 0 aliphatic carbocycles. The summed E-state index contributed by atoms with van der Waals surface area (Å²) in [7, 11) is 7.09. The van der Waals surface area contributed by atoms with E-state index in [1.54, 1.807) is 32.4 Å². The van der Waals surface area contributed by atoms with Crippen LogP contribution in [0.5, 0.6) is 11.5 Å². The first-order valence-corrected chi connectivity index (χ1v) is 10.4. The number of carbonyl (C=O) groups is 1. The lowest BCUT2D eigenvalue weighted by Crippen LogP contribution is -2.40. The third-order valence-corrected chi connectivity index (χ3v) is 5.66. The van der Waals surface area contributed by atoms with Crippen LogP contribution in [-0.4, -0.2) is 81.9 Å². The van der Waals surface area contributed by atoms with Crippen molar-refractivity contribution in [1.29, 1.82) is 0 Å². The van der Waals surface area contributed by atoms with E-state index < -0.39 is 0 Å². The van der Waals surface area contributed by atoms with E-state index in [2.05, 4.69) is 4.90 Å². The van der Waals surface area contributed by atoms with E-state index in [1.165, 1.54) is 0 Å². The summed E-state index contributed by atoms with van der Waals surface area (Å²) in [6.07, 6.45) is 0.690. The predicted molar refractivity (Wildman–Crippen MR) is 117 cm³/mol. The minimum absolute atomic E-state index is 0.0476. The molecule has 1 aromatic heterocycles. The van der Waals surface area contributed by atoms with Gasteiger partial charge in [0, 0.05) is 51.3 Å². The summed E-state index contributed by atoms with van der Waals surface area (Å²) < 4.78 is 16.1. The summed E-state index contributed by atoms with van der Waals surface area (Å²) in [5.41, 5.74) is 2.58. The molecule has 9 heteroatoms. The molecule has 0 saturated carbocycles. The van der Waals surface area contributed by atoms with Crippen molar-refractivity contribution in [2.75, 3.05) is 71.0 Å². The Morgan fingerprint density at radius 3 is 2.48 bits per heavy atom. The first kappa shape index (κ1) is 21.2. The molecule has 9 nitrogen and oxygen atoms in total. The lowest BCUT2D eigenvalue weighted by Gasteiger charge is -2.33. The highest BCUT2D eigenvalue weighted by Crippen LogP contribution is 2.31. The Morgan fingerprint density at radius 2 is 1.81 bits per heavy atom. The second-order valence-electron chi connectivity index (χ2n) is 7.81. The Hall–Kier alpha value is -3.07. The Labute approximate surface area is 182 Å². The van der Waals surface area contributed by atoms with Gasteiger partial charge in [-0.2, -0.15) is 4.98 Å². The van der Waals surface area contributed by atoms with Crippen LogP contribution in [0.4, 0.5) is 11.8 Å². The van der Waals surface area contributed by atoms with Crippen LogP contribution in [-0.2, 0) is 17.7 Å². The number of anilines is 2. The van der Waals surface area contributed by atoms with Crippen molar-refractivity contribution >= 4 is 17.7 Å². The van der Waals surface area contributed by atoms with Gasteiger partial charge in [0.05, 0.1) is 39.7 Å². The molecule has 0 spiro atoms. The third-order valence-electron chi connectivity index (χ3n) is 5.66. The average molecular weight is 428 g/mol. The van der Waals surface area contributed by atoms with Crippen molar-refractivity contribution in [1.82, 2.24) is 14.9 Å². The maximum absolute atomic E-state index is 13.2. The van der Waals surface area contributed by atoms with Gasteiger partial charge in [-0.25, -0.2) is 4.98 Å². The third kappa shape index (κ3) is 4.23. The summed E-state index contributed by atoms with van der Waals surface area (Å²) in [5.74, 6) is 2.69. The number of carbonyl (C=O) groups excluding carboxylic acids is 1. The number of hydrogen-bond donors (Lipinski definition) is 0. The number of morpholine rings is 1. The van der Waals surface area contributed by atoms with E-state index in [-0.39, 0.29) is 5.91 Å². The summed E-state index contributed by atoms with van der Waals surface area (Å²) >= 11 is 0. The molecule has 31 heavy (non-hydrogen) atoms. The maximum atomic E-state index is 13.2. The molecule has 1 saturated heterocycles. The fraction of sp³-hybridized carbons (Fsp3) is 0.500. The second kappa shape index (κ2) is 8.97. The van der Waals surface area contributed by atoms with Crippen molar-refractivity contribution in [3.05, 3.63) is 35.0 Å². The molecule has 0 atom stereocenters. The lowest BCUT2D eigenvalue weighted by molar-refractivity contribution is 0.0733. The molecule has 0 N–H and O–H groups in total. The van der Waals surface area contributed by atoms with Gasteiger partial charge in [0.1, 0.15) is 5.82 Å². The SMILES string of the molecule is COc1ccc(C(=O)N2CCc3nc(N4CCOCC4)nc(N(C)C)c3C2)cc1OC. The highest BCUT2D eigenvalue weighted by atomic mass is 16.5. The standard InChI is InChI=1S/C22H29N5O4/c1-25(2)20-16-14-27(21(28)15-5-6-18(29-3)19(13-15)30-4)8-7-17(16)23-22(24-20)26-9-11-31-12-10-26/h5-6,13H,7-12,14H2,1-4H3. The van der Waals surface area contributed by atoms with Gasteiger partial charge in [-0.05, 0) is 18.2 Å². The first-order valence-electron chi connectivity index (χ1n) is 10.4. The molecule has 0 unspecified atom stereocenters. The summed E-state index contributed by atoms with van der Waals surface area (Å²) in [4.78, 5) is 28.9. The smallest absolute Gasteiger partial charge is 0.254 e. The van der Waals surface area contributed by atoms with Crippen LogP contribution >= 0.6 is 0 Å². The molecule has 2 aliphatic heterocycles. The normalized spacial score (nSPS) is 16.0. The van der Waals surface area contributed by atoms with Crippen LogP contribution in [0.1, 0.15) is 21.6 Å². The van der Waals surface area contributed by atoms with Gasteiger partial charge in [-0.15, -0.1) is 0 Å². The van der Waals surface area contributed by atoms with Crippen LogP contribution in [0.25, 0.3) is 0 Å². The number of methoxy groups -OCH3 is 2. The lowest BCUT2D eigenvalue weighted by atomic mass is 10.0. The van der Waals surface area contributed by atoms with E-state index in [0.29, 0.717) is 49.8 Å². The highest BCUT2D eigenvalue weighted by molar-refractivity contribution is 5.95. The van der Waals surface area contributed by atoms with Gasteiger partial charge in [-0.1, -0.05) is 0 Å². The van der Waals surface area contributed by atoms with Gasteiger partial charge >= 0.3 is 0 Å². The maximum Gasteiger partial charge on any atom is 0.254 e. The van der Waals surface area contributed by atoms with Gasteiger partial charge in [0.25, 0.3) is 5.91 Å². The number of amides is 1. The van der Waals surface area contributed by atoms with E-state index in [4.69, 9.17) is 24.2 Å². The largest absolute Gasteiger partial charge is 0.493 e. The van der Waals surface area contributed by atoms with Gasteiger partial charge in [0.2, 0.25) is 5.95 Å². The molecular formula is C22H29N5O4. The molecule has 1 aromatic carbocycles. The van der Waals surface area contributed by atoms with Crippen LogP contribution in [0, 0.1) is 0 Å². The summed E-state index contributed by atoms with van der Waals surface area (Å²) in [5, 5.41) is 0. The number of benzene rings is 1. The fourth-order valence-corrected chi connectivity index (χ4v) is 3.98. The minimum atomic E-state index is -0.0476. The van der Waals surface area contributed by atoms with Crippen LogP contribution in [0.15, 0.2) is 18.2 Å². The van der Waals surface area contributed by atoms with E-state index >= 15 is 0 Å². The highest BCUT2D eigenvalue weighted by Gasteiger charge is 2.28. The minimum Gasteiger partial charge on any atom is -0.493 e. The zero-order valence-corrected chi connectivity index (χ0v) is 18.6. The van der Waals surface area contributed by atoms with E-state index in [1.807, 2.05) is 23.9 Å². The Balaban J connectivity index is 1.61. The van der Waals surface area contributed by atoms with Crippen molar-refractivity contribution in [3.8, 4) is 11.5 Å². The number of rotatable bonds is 5. The molecule has 1 fully saturated rings. The summed E-state index contributed by atoms with van der Waals surface area (Å²) in [6.45, 7) is 4.02. The predicted octanol–water partition coefficient (Wildman–Crippen LogP) is 1.59.